The lowest BCUT2D eigenvalue weighted by molar-refractivity contribution is -0.127. The first-order chi connectivity index (χ1) is 11.0. The van der Waals surface area contributed by atoms with E-state index < -0.39 is 0 Å². The van der Waals surface area contributed by atoms with E-state index in [-0.39, 0.29) is 12.5 Å². The largest absolute Gasteiger partial charge is 0.356 e. The number of carbonyl (C=O) groups is 1. The van der Waals surface area contributed by atoms with E-state index in [4.69, 9.17) is 0 Å². The van der Waals surface area contributed by atoms with Crippen LogP contribution in [0.5, 0.6) is 0 Å². The van der Waals surface area contributed by atoms with E-state index in [1.54, 1.807) is 19.0 Å². The van der Waals surface area contributed by atoms with Crippen LogP contribution in [0.15, 0.2) is 11.2 Å². The molecule has 0 atom stereocenters. The van der Waals surface area contributed by atoms with E-state index in [0.717, 1.165) is 37.1 Å². The van der Waals surface area contributed by atoms with Gasteiger partial charge in [0.1, 0.15) is 0 Å². The lowest BCUT2D eigenvalue weighted by atomic mass is 10.2. The molecular weight excluding hydrogens is 292 g/mol. The van der Waals surface area contributed by atoms with Crippen molar-refractivity contribution >= 4 is 11.9 Å². The lowest BCUT2D eigenvalue weighted by Crippen LogP contribution is -2.43. The highest BCUT2D eigenvalue weighted by molar-refractivity contribution is 5.86. The predicted molar refractivity (Wildman–Crippen MR) is 93.3 cm³/mol. The van der Waals surface area contributed by atoms with Crippen LogP contribution in [0.4, 0.5) is 0 Å². The van der Waals surface area contributed by atoms with Gasteiger partial charge < -0.3 is 15.5 Å². The summed E-state index contributed by atoms with van der Waals surface area (Å²) in [6.07, 6.45) is 5.06. The van der Waals surface area contributed by atoms with Gasteiger partial charge in [-0.1, -0.05) is 20.3 Å². The molecule has 0 saturated heterocycles. The zero-order chi connectivity index (χ0) is 17.2. The Hall–Kier alpha value is -2.05. The quantitative estimate of drug-likeness (QED) is 0.424. The number of aryl methyl sites for hydroxylation is 2. The molecule has 0 aliphatic carbocycles. The normalized spacial score (nSPS) is 11.4. The molecule has 130 valence electrons. The third kappa shape index (κ3) is 6.71. The fourth-order valence-electron chi connectivity index (χ4n) is 2.05. The molecule has 0 unspecified atom stereocenters. The Kier molecular flexibility index (Phi) is 8.15. The number of guanidine groups is 1. The Morgan fingerprint density at radius 3 is 2.70 bits per heavy atom. The summed E-state index contributed by atoms with van der Waals surface area (Å²) in [6.45, 7) is 5.86. The van der Waals surface area contributed by atoms with Crippen LogP contribution >= 0.6 is 0 Å². The molecule has 1 aromatic heterocycles. The molecule has 1 amide bonds. The minimum Gasteiger partial charge on any atom is -0.356 e. The fraction of sp³-hybridized carbons (Fsp3) is 0.688. The SMILES string of the molecule is CCCCNC(=NCc1cn(C)nc1CC)NCC(=O)N(C)C. The van der Waals surface area contributed by atoms with Crippen molar-refractivity contribution < 1.29 is 4.79 Å². The third-order valence-corrected chi connectivity index (χ3v) is 3.46. The maximum absolute atomic E-state index is 11.7. The molecule has 1 aromatic rings. The smallest absolute Gasteiger partial charge is 0.241 e. The molecule has 23 heavy (non-hydrogen) atoms. The first-order valence-electron chi connectivity index (χ1n) is 8.21. The van der Waals surface area contributed by atoms with E-state index in [0.29, 0.717) is 12.5 Å². The number of likely N-dealkylation sites (N-methyl/N-ethyl adjacent to an activating group) is 1. The minimum absolute atomic E-state index is 0.0191. The average Bonchev–Trinajstić information content (AvgIpc) is 2.89. The van der Waals surface area contributed by atoms with Crippen molar-refractivity contribution in [3.8, 4) is 0 Å². The first-order valence-corrected chi connectivity index (χ1v) is 8.21. The van der Waals surface area contributed by atoms with Crippen molar-refractivity contribution in [2.45, 2.75) is 39.7 Å². The van der Waals surface area contributed by atoms with Crippen LogP contribution in [0.1, 0.15) is 37.9 Å². The Morgan fingerprint density at radius 1 is 1.35 bits per heavy atom. The Balaban J connectivity index is 2.70. The van der Waals surface area contributed by atoms with Crippen molar-refractivity contribution in [3.05, 3.63) is 17.5 Å². The van der Waals surface area contributed by atoms with Gasteiger partial charge in [-0.2, -0.15) is 5.10 Å². The van der Waals surface area contributed by atoms with Crippen LogP contribution in [-0.2, 0) is 24.8 Å². The molecule has 0 aromatic carbocycles. The van der Waals surface area contributed by atoms with Crippen molar-refractivity contribution in [3.63, 3.8) is 0 Å². The lowest BCUT2D eigenvalue weighted by Gasteiger charge is -2.14. The van der Waals surface area contributed by atoms with Crippen molar-refractivity contribution in [2.75, 3.05) is 27.2 Å². The van der Waals surface area contributed by atoms with Gasteiger partial charge in [-0.3, -0.25) is 9.48 Å². The number of hydrogen-bond acceptors (Lipinski definition) is 3. The molecule has 0 fully saturated rings. The van der Waals surface area contributed by atoms with Gasteiger partial charge in [0, 0.05) is 39.4 Å². The second-order valence-corrected chi connectivity index (χ2v) is 5.72. The Bertz CT molecular complexity index is 521. The van der Waals surface area contributed by atoms with Crippen LogP contribution in [0, 0.1) is 0 Å². The van der Waals surface area contributed by atoms with Gasteiger partial charge in [0.2, 0.25) is 5.91 Å². The van der Waals surface area contributed by atoms with Crippen molar-refractivity contribution in [2.24, 2.45) is 12.0 Å². The Labute approximate surface area is 139 Å². The van der Waals surface area contributed by atoms with E-state index in [9.17, 15) is 4.79 Å². The van der Waals surface area contributed by atoms with Crippen LogP contribution in [0.2, 0.25) is 0 Å². The van der Waals surface area contributed by atoms with Crippen molar-refractivity contribution in [1.29, 1.82) is 0 Å². The molecule has 0 radical (unpaired) electrons. The van der Waals surface area contributed by atoms with Gasteiger partial charge in [0.15, 0.2) is 5.96 Å². The van der Waals surface area contributed by atoms with E-state index in [1.165, 1.54) is 0 Å². The van der Waals surface area contributed by atoms with Gasteiger partial charge in [-0.15, -0.1) is 0 Å². The first kappa shape index (κ1) is 19.0. The summed E-state index contributed by atoms with van der Waals surface area (Å²) >= 11 is 0. The molecule has 0 bridgehead atoms. The summed E-state index contributed by atoms with van der Waals surface area (Å²) < 4.78 is 1.82. The van der Waals surface area contributed by atoms with Gasteiger partial charge in [-0.05, 0) is 12.8 Å². The number of amides is 1. The monoisotopic (exact) mass is 322 g/mol. The third-order valence-electron chi connectivity index (χ3n) is 3.46. The molecule has 1 rings (SSSR count). The molecule has 0 spiro atoms. The highest BCUT2D eigenvalue weighted by Gasteiger charge is 2.08. The van der Waals surface area contributed by atoms with Gasteiger partial charge in [-0.25, -0.2) is 4.99 Å². The van der Waals surface area contributed by atoms with Gasteiger partial charge in [0.25, 0.3) is 0 Å². The van der Waals surface area contributed by atoms with Crippen LogP contribution in [0.25, 0.3) is 0 Å². The fourth-order valence-corrected chi connectivity index (χ4v) is 2.05. The van der Waals surface area contributed by atoms with Crippen LogP contribution in [0.3, 0.4) is 0 Å². The molecule has 0 aliphatic heterocycles. The zero-order valence-electron chi connectivity index (χ0n) is 15.0. The highest BCUT2D eigenvalue weighted by Crippen LogP contribution is 2.08. The van der Waals surface area contributed by atoms with E-state index >= 15 is 0 Å². The number of unbranched alkanes of at least 4 members (excludes halogenated alkanes) is 1. The predicted octanol–water partition coefficient (Wildman–Crippen LogP) is 0.906. The topological polar surface area (TPSA) is 74.5 Å². The number of rotatable bonds is 8. The number of carbonyl (C=O) groups excluding carboxylic acids is 1. The summed E-state index contributed by atoms with van der Waals surface area (Å²) in [6, 6.07) is 0. The molecule has 0 aliphatic rings. The zero-order valence-corrected chi connectivity index (χ0v) is 15.0. The average molecular weight is 322 g/mol. The van der Waals surface area contributed by atoms with Crippen molar-refractivity contribution in [1.82, 2.24) is 25.3 Å². The number of nitrogens with one attached hydrogen (secondary N) is 2. The molecular formula is C16H30N6O. The van der Waals surface area contributed by atoms with Gasteiger partial charge >= 0.3 is 0 Å². The molecule has 7 nitrogen and oxygen atoms in total. The number of nitrogens with zero attached hydrogens (tertiary/aromatic N) is 4. The van der Waals surface area contributed by atoms with Gasteiger partial charge in [0.05, 0.1) is 18.8 Å². The summed E-state index contributed by atoms with van der Waals surface area (Å²) in [5.74, 6) is 0.685. The minimum atomic E-state index is 0.0191. The summed E-state index contributed by atoms with van der Waals surface area (Å²) in [7, 11) is 5.41. The van der Waals surface area contributed by atoms with Crippen LogP contribution in [-0.4, -0.2) is 53.7 Å². The number of aliphatic imine (C=N–C) groups is 1. The molecule has 7 heteroatoms. The van der Waals surface area contributed by atoms with Crippen LogP contribution < -0.4 is 10.6 Å². The standard InChI is InChI=1S/C16H30N6O/c1-6-8-9-17-16(19-11-15(23)21(3)4)18-10-13-12-22(5)20-14(13)7-2/h12H,6-11H2,1-5H3,(H2,17,18,19). The second kappa shape index (κ2) is 9.86. The van der Waals surface area contributed by atoms with E-state index in [2.05, 4.69) is 34.6 Å². The van der Waals surface area contributed by atoms with E-state index in [1.807, 2.05) is 17.9 Å². The second-order valence-electron chi connectivity index (χ2n) is 5.72. The maximum atomic E-state index is 11.7. The molecule has 2 N–H and O–H groups in total. The highest BCUT2D eigenvalue weighted by atomic mass is 16.2. The summed E-state index contributed by atoms with van der Waals surface area (Å²) in [4.78, 5) is 17.9. The maximum Gasteiger partial charge on any atom is 0.241 e. The Morgan fingerprint density at radius 2 is 2.09 bits per heavy atom. The summed E-state index contributed by atoms with van der Waals surface area (Å²) in [5, 5.41) is 10.8. The molecule has 0 saturated carbocycles. The summed E-state index contributed by atoms with van der Waals surface area (Å²) in [5.41, 5.74) is 2.18. The number of aromatic nitrogens is 2. The molecule has 1 heterocycles. The number of hydrogen-bond donors (Lipinski definition) is 2.